The van der Waals surface area contributed by atoms with Gasteiger partial charge in [0.15, 0.2) is 12.1 Å². The quantitative estimate of drug-likeness (QED) is 0.770. The standard InChI is InChI=1S/C15H21FN4O/c1-2-18-5-7-19(8-6-18)12-9-20(10-12)15-4-3-13(16)14(11-21)17-15/h3-4,11-12H,2,5-10H2,1H3. The second-order valence-electron chi connectivity index (χ2n) is 5.68. The first kappa shape index (κ1) is 14.4. The van der Waals surface area contributed by atoms with Crippen molar-refractivity contribution in [3.05, 3.63) is 23.6 Å². The van der Waals surface area contributed by atoms with E-state index < -0.39 is 5.82 Å². The summed E-state index contributed by atoms with van der Waals surface area (Å²) in [5.74, 6) is 0.142. The summed E-state index contributed by atoms with van der Waals surface area (Å²) >= 11 is 0. The third-order valence-electron chi connectivity index (χ3n) is 4.53. The predicted molar refractivity (Wildman–Crippen MR) is 79.3 cm³/mol. The van der Waals surface area contributed by atoms with Crippen molar-refractivity contribution in [1.29, 1.82) is 0 Å². The fourth-order valence-electron chi connectivity index (χ4n) is 3.02. The highest BCUT2D eigenvalue weighted by Gasteiger charge is 2.34. The van der Waals surface area contributed by atoms with Gasteiger partial charge in [0, 0.05) is 45.3 Å². The Bertz CT molecular complexity index is 510. The number of likely N-dealkylation sites (N-methyl/N-ethyl adjacent to an activating group) is 1. The molecule has 6 heteroatoms. The van der Waals surface area contributed by atoms with Crippen molar-refractivity contribution < 1.29 is 9.18 Å². The van der Waals surface area contributed by atoms with Crippen molar-refractivity contribution in [2.24, 2.45) is 0 Å². The van der Waals surface area contributed by atoms with Crippen LogP contribution in [0, 0.1) is 5.82 Å². The second-order valence-corrected chi connectivity index (χ2v) is 5.68. The lowest BCUT2D eigenvalue weighted by molar-refractivity contribution is 0.0859. The second kappa shape index (κ2) is 6.07. The highest BCUT2D eigenvalue weighted by Crippen LogP contribution is 2.23. The Labute approximate surface area is 124 Å². The number of anilines is 1. The molecule has 0 spiro atoms. The molecule has 2 fully saturated rings. The first-order valence-electron chi connectivity index (χ1n) is 7.54. The molecule has 0 aromatic carbocycles. The molecule has 0 atom stereocenters. The molecule has 2 aliphatic heterocycles. The van der Waals surface area contributed by atoms with Gasteiger partial charge in [0.05, 0.1) is 0 Å². The Balaban J connectivity index is 1.55. The summed E-state index contributed by atoms with van der Waals surface area (Å²) in [4.78, 5) is 21.9. The van der Waals surface area contributed by atoms with Gasteiger partial charge in [-0.2, -0.15) is 0 Å². The van der Waals surface area contributed by atoms with Gasteiger partial charge in [0.25, 0.3) is 0 Å². The molecule has 0 saturated carbocycles. The Morgan fingerprint density at radius 3 is 2.62 bits per heavy atom. The van der Waals surface area contributed by atoms with Crippen LogP contribution in [0.25, 0.3) is 0 Å². The van der Waals surface area contributed by atoms with Gasteiger partial charge in [-0.25, -0.2) is 9.37 Å². The molecule has 0 unspecified atom stereocenters. The van der Waals surface area contributed by atoms with Gasteiger partial charge in [-0.1, -0.05) is 6.92 Å². The van der Waals surface area contributed by atoms with E-state index in [0.717, 1.165) is 45.8 Å². The monoisotopic (exact) mass is 292 g/mol. The molecule has 1 aromatic rings. The van der Waals surface area contributed by atoms with Crippen LogP contribution in [0.3, 0.4) is 0 Å². The molecule has 0 N–H and O–H groups in total. The molecule has 0 amide bonds. The molecule has 114 valence electrons. The molecule has 2 saturated heterocycles. The van der Waals surface area contributed by atoms with E-state index in [1.54, 1.807) is 6.07 Å². The Kier molecular flexibility index (Phi) is 4.17. The number of nitrogens with zero attached hydrogens (tertiary/aromatic N) is 4. The lowest BCUT2D eigenvalue weighted by Gasteiger charge is -2.48. The van der Waals surface area contributed by atoms with Crippen LogP contribution in [-0.4, -0.2) is 72.9 Å². The number of piperazine rings is 1. The topological polar surface area (TPSA) is 39.7 Å². The molecule has 1 aromatic heterocycles. The first-order chi connectivity index (χ1) is 10.2. The highest BCUT2D eigenvalue weighted by molar-refractivity contribution is 5.73. The molecule has 2 aliphatic rings. The third-order valence-corrected chi connectivity index (χ3v) is 4.53. The van der Waals surface area contributed by atoms with Crippen LogP contribution in [0.4, 0.5) is 10.2 Å². The van der Waals surface area contributed by atoms with Crippen LogP contribution in [0.5, 0.6) is 0 Å². The van der Waals surface area contributed by atoms with Crippen LogP contribution in [0.15, 0.2) is 12.1 Å². The summed E-state index contributed by atoms with van der Waals surface area (Å²) in [6.45, 7) is 9.63. The molecule has 3 rings (SSSR count). The van der Waals surface area contributed by atoms with Crippen molar-refractivity contribution in [2.75, 3.05) is 50.7 Å². The van der Waals surface area contributed by atoms with E-state index in [1.165, 1.54) is 6.07 Å². The minimum absolute atomic E-state index is 0.104. The minimum Gasteiger partial charge on any atom is -0.353 e. The van der Waals surface area contributed by atoms with Gasteiger partial charge >= 0.3 is 0 Å². The molecule has 5 nitrogen and oxygen atoms in total. The summed E-state index contributed by atoms with van der Waals surface area (Å²) in [7, 11) is 0. The molecular formula is C15H21FN4O. The largest absolute Gasteiger partial charge is 0.353 e. The normalized spacial score (nSPS) is 21.3. The molecule has 21 heavy (non-hydrogen) atoms. The fourth-order valence-corrected chi connectivity index (χ4v) is 3.02. The van der Waals surface area contributed by atoms with Gasteiger partial charge < -0.3 is 9.80 Å². The minimum atomic E-state index is -0.554. The van der Waals surface area contributed by atoms with E-state index in [-0.39, 0.29) is 5.69 Å². The van der Waals surface area contributed by atoms with E-state index in [1.807, 2.05) is 0 Å². The third kappa shape index (κ3) is 2.91. The van der Waals surface area contributed by atoms with Crippen molar-refractivity contribution in [1.82, 2.24) is 14.8 Å². The van der Waals surface area contributed by atoms with E-state index >= 15 is 0 Å². The van der Waals surface area contributed by atoms with Crippen LogP contribution in [0.1, 0.15) is 17.4 Å². The summed E-state index contributed by atoms with van der Waals surface area (Å²) in [5, 5.41) is 0. The summed E-state index contributed by atoms with van der Waals surface area (Å²) in [6.07, 6.45) is 0.472. The Hall–Kier alpha value is -1.53. The van der Waals surface area contributed by atoms with Gasteiger partial charge in [-0.15, -0.1) is 0 Å². The van der Waals surface area contributed by atoms with E-state index in [2.05, 4.69) is 26.6 Å². The van der Waals surface area contributed by atoms with E-state index in [4.69, 9.17) is 0 Å². The number of pyridine rings is 1. The van der Waals surface area contributed by atoms with Crippen molar-refractivity contribution in [3.8, 4) is 0 Å². The molecule has 0 radical (unpaired) electrons. The Morgan fingerprint density at radius 1 is 1.29 bits per heavy atom. The molecule has 3 heterocycles. The maximum atomic E-state index is 13.3. The van der Waals surface area contributed by atoms with Crippen molar-refractivity contribution in [3.63, 3.8) is 0 Å². The van der Waals surface area contributed by atoms with Gasteiger partial charge in [-0.3, -0.25) is 9.69 Å². The number of carbonyl (C=O) groups excluding carboxylic acids is 1. The van der Waals surface area contributed by atoms with Gasteiger partial charge in [0.1, 0.15) is 11.5 Å². The summed E-state index contributed by atoms with van der Waals surface area (Å²) in [5.41, 5.74) is -0.104. The number of aldehydes is 1. The lowest BCUT2D eigenvalue weighted by Crippen LogP contribution is -2.63. The predicted octanol–water partition coefficient (Wildman–Crippen LogP) is 0.859. The zero-order valence-corrected chi connectivity index (χ0v) is 12.3. The smallest absolute Gasteiger partial charge is 0.171 e. The maximum Gasteiger partial charge on any atom is 0.171 e. The molecular weight excluding hydrogens is 271 g/mol. The molecule has 0 aliphatic carbocycles. The number of hydrogen-bond acceptors (Lipinski definition) is 5. The summed E-state index contributed by atoms with van der Waals surface area (Å²) in [6, 6.07) is 3.52. The SMILES string of the molecule is CCN1CCN(C2CN(c3ccc(F)c(C=O)n3)C2)CC1. The van der Waals surface area contributed by atoms with Crippen LogP contribution < -0.4 is 4.90 Å². The van der Waals surface area contributed by atoms with Crippen molar-refractivity contribution in [2.45, 2.75) is 13.0 Å². The van der Waals surface area contributed by atoms with Crippen molar-refractivity contribution >= 4 is 12.1 Å². The van der Waals surface area contributed by atoms with E-state index in [0.29, 0.717) is 18.1 Å². The van der Waals surface area contributed by atoms with Crippen LogP contribution in [0.2, 0.25) is 0 Å². The van der Waals surface area contributed by atoms with Crippen LogP contribution >= 0.6 is 0 Å². The average Bonchev–Trinajstić information content (AvgIpc) is 2.48. The highest BCUT2D eigenvalue weighted by atomic mass is 19.1. The summed E-state index contributed by atoms with van der Waals surface area (Å²) < 4.78 is 13.3. The lowest BCUT2D eigenvalue weighted by atomic mass is 10.1. The van der Waals surface area contributed by atoms with E-state index in [9.17, 15) is 9.18 Å². The number of carbonyl (C=O) groups is 1. The zero-order chi connectivity index (χ0) is 14.8. The number of rotatable bonds is 4. The maximum absolute atomic E-state index is 13.3. The average molecular weight is 292 g/mol. The first-order valence-corrected chi connectivity index (χ1v) is 7.54. The van der Waals surface area contributed by atoms with Crippen LogP contribution in [-0.2, 0) is 0 Å². The Morgan fingerprint density at radius 2 is 2.00 bits per heavy atom. The molecule has 0 bridgehead atoms. The van der Waals surface area contributed by atoms with Gasteiger partial charge in [-0.05, 0) is 18.7 Å². The number of hydrogen-bond donors (Lipinski definition) is 0. The fraction of sp³-hybridized carbons (Fsp3) is 0.600. The van der Waals surface area contributed by atoms with Gasteiger partial charge in [0.2, 0.25) is 0 Å². The zero-order valence-electron chi connectivity index (χ0n) is 12.3. The number of aromatic nitrogens is 1. The number of halogens is 1.